The molecule has 1 amide bonds. The lowest BCUT2D eigenvalue weighted by Gasteiger charge is -2.09. The van der Waals surface area contributed by atoms with Gasteiger partial charge in [0.2, 0.25) is 0 Å². The molecule has 0 aliphatic rings. The minimum atomic E-state index is -0.518. The van der Waals surface area contributed by atoms with Crippen molar-refractivity contribution in [3.05, 3.63) is 69.5 Å². The van der Waals surface area contributed by atoms with Crippen LogP contribution in [0.5, 0.6) is 5.75 Å². The Kier molecular flexibility index (Phi) is 5.06. The topological polar surface area (TPSA) is 125 Å². The molecule has 0 saturated carbocycles. The van der Waals surface area contributed by atoms with E-state index in [1.54, 1.807) is 31.4 Å². The smallest absolute Gasteiger partial charge is 0.273 e. The van der Waals surface area contributed by atoms with Crippen molar-refractivity contribution in [2.45, 2.75) is 13.5 Å². The van der Waals surface area contributed by atoms with Gasteiger partial charge in [0.1, 0.15) is 5.75 Å². The van der Waals surface area contributed by atoms with Gasteiger partial charge in [0.05, 0.1) is 24.3 Å². The predicted molar refractivity (Wildman–Crippen MR) is 94.7 cm³/mol. The van der Waals surface area contributed by atoms with Gasteiger partial charge < -0.3 is 10.1 Å². The normalized spacial score (nSPS) is 10.4. The monoisotopic (exact) mass is 368 g/mol. The van der Waals surface area contributed by atoms with E-state index in [9.17, 15) is 14.9 Å². The third-order valence-electron chi connectivity index (χ3n) is 4.00. The van der Waals surface area contributed by atoms with Crippen LogP contribution in [-0.2, 0) is 6.54 Å². The largest absolute Gasteiger partial charge is 0.497 e. The van der Waals surface area contributed by atoms with Crippen LogP contribution in [0.15, 0.2) is 42.5 Å². The van der Waals surface area contributed by atoms with Crippen molar-refractivity contribution in [1.29, 1.82) is 0 Å². The Balaban J connectivity index is 1.76. The summed E-state index contributed by atoms with van der Waals surface area (Å²) in [5, 5.41) is 25.2. The number of benzene rings is 2. The standard InChI is InChI=1S/C17H16N6O4/c1-11-14(4-3-5-15(11)23(25)26)17(24)18-10-16-19-20-21-22(16)12-6-8-13(27-2)9-7-12/h3-9H,10H2,1-2H3,(H,18,24). The summed E-state index contributed by atoms with van der Waals surface area (Å²) in [6.07, 6.45) is 0. The molecule has 0 fully saturated rings. The Labute approximate surface area is 153 Å². The number of nitro benzene ring substituents is 1. The van der Waals surface area contributed by atoms with E-state index < -0.39 is 10.8 Å². The highest BCUT2D eigenvalue weighted by atomic mass is 16.6. The minimum Gasteiger partial charge on any atom is -0.497 e. The zero-order valence-electron chi connectivity index (χ0n) is 14.6. The first kappa shape index (κ1) is 18.0. The second-order valence-corrected chi connectivity index (χ2v) is 5.59. The van der Waals surface area contributed by atoms with E-state index in [2.05, 4.69) is 20.8 Å². The molecule has 27 heavy (non-hydrogen) atoms. The zero-order valence-corrected chi connectivity index (χ0v) is 14.6. The van der Waals surface area contributed by atoms with Crippen LogP contribution in [0.3, 0.4) is 0 Å². The minimum absolute atomic E-state index is 0.0556. The molecule has 3 aromatic rings. The number of methoxy groups -OCH3 is 1. The first-order valence-electron chi connectivity index (χ1n) is 7.95. The summed E-state index contributed by atoms with van der Waals surface area (Å²) in [5.74, 6) is 0.667. The zero-order chi connectivity index (χ0) is 19.4. The summed E-state index contributed by atoms with van der Waals surface area (Å²) in [7, 11) is 1.57. The van der Waals surface area contributed by atoms with Gasteiger partial charge in [-0.05, 0) is 47.7 Å². The average Bonchev–Trinajstić information content (AvgIpc) is 3.14. The van der Waals surface area contributed by atoms with Crippen molar-refractivity contribution in [2.24, 2.45) is 0 Å². The molecule has 138 valence electrons. The second kappa shape index (κ2) is 7.60. The van der Waals surface area contributed by atoms with Gasteiger partial charge in [-0.2, -0.15) is 4.68 Å². The van der Waals surface area contributed by atoms with Gasteiger partial charge in [0.25, 0.3) is 11.6 Å². The molecule has 1 aromatic heterocycles. The molecule has 0 saturated heterocycles. The fourth-order valence-electron chi connectivity index (χ4n) is 2.56. The van der Waals surface area contributed by atoms with Crippen LogP contribution in [0.1, 0.15) is 21.7 Å². The summed E-state index contributed by atoms with van der Waals surface area (Å²) in [6, 6.07) is 11.5. The van der Waals surface area contributed by atoms with Crippen molar-refractivity contribution >= 4 is 11.6 Å². The number of nitro groups is 1. The summed E-state index contributed by atoms with van der Waals surface area (Å²) in [4.78, 5) is 22.9. The van der Waals surface area contributed by atoms with E-state index in [1.165, 1.54) is 29.8 Å². The summed E-state index contributed by atoms with van der Waals surface area (Å²) >= 11 is 0. The summed E-state index contributed by atoms with van der Waals surface area (Å²) in [6.45, 7) is 1.59. The van der Waals surface area contributed by atoms with Gasteiger partial charge in [-0.15, -0.1) is 5.10 Å². The maximum Gasteiger partial charge on any atom is 0.273 e. The van der Waals surface area contributed by atoms with Crippen LogP contribution < -0.4 is 10.1 Å². The number of nitrogens with one attached hydrogen (secondary N) is 1. The second-order valence-electron chi connectivity index (χ2n) is 5.59. The number of rotatable bonds is 6. The van der Waals surface area contributed by atoms with Crippen LogP contribution in [0.2, 0.25) is 0 Å². The Morgan fingerprint density at radius 3 is 2.67 bits per heavy atom. The first-order valence-corrected chi connectivity index (χ1v) is 7.95. The lowest BCUT2D eigenvalue weighted by atomic mass is 10.1. The van der Waals surface area contributed by atoms with E-state index in [4.69, 9.17) is 4.74 Å². The molecule has 0 aliphatic carbocycles. The van der Waals surface area contributed by atoms with E-state index in [-0.39, 0.29) is 17.8 Å². The molecule has 0 atom stereocenters. The fourth-order valence-corrected chi connectivity index (χ4v) is 2.56. The molecular weight excluding hydrogens is 352 g/mol. The molecule has 10 nitrogen and oxygen atoms in total. The lowest BCUT2D eigenvalue weighted by Crippen LogP contribution is -2.25. The Morgan fingerprint density at radius 1 is 1.26 bits per heavy atom. The number of tetrazole rings is 1. The molecule has 1 heterocycles. The number of carbonyl (C=O) groups excluding carboxylic acids is 1. The van der Waals surface area contributed by atoms with Gasteiger partial charge in [0.15, 0.2) is 5.82 Å². The summed E-state index contributed by atoms with van der Waals surface area (Å²) < 4.78 is 6.60. The van der Waals surface area contributed by atoms with Crippen molar-refractivity contribution in [1.82, 2.24) is 25.5 Å². The number of aromatic nitrogens is 4. The van der Waals surface area contributed by atoms with Crippen LogP contribution >= 0.6 is 0 Å². The van der Waals surface area contributed by atoms with Crippen molar-refractivity contribution in [3.63, 3.8) is 0 Å². The molecule has 0 aliphatic heterocycles. The molecule has 2 aromatic carbocycles. The summed E-state index contributed by atoms with van der Waals surface area (Å²) in [5.41, 5.74) is 1.13. The molecule has 10 heteroatoms. The van der Waals surface area contributed by atoms with E-state index in [1.807, 2.05) is 0 Å². The maximum absolute atomic E-state index is 12.4. The number of amides is 1. The van der Waals surface area contributed by atoms with Crippen molar-refractivity contribution in [2.75, 3.05) is 7.11 Å². The van der Waals surface area contributed by atoms with Crippen molar-refractivity contribution < 1.29 is 14.5 Å². The van der Waals surface area contributed by atoms with E-state index in [0.717, 1.165) is 0 Å². The fraction of sp³-hybridized carbons (Fsp3) is 0.176. The van der Waals surface area contributed by atoms with Crippen LogP contribution in [0.4, 0.5) is 5.69 Å². The highest BCUT2D eigenvalue weighted by Gasteiger charge is 2.18. The van der Waals surface area contributed by atoms with Gasteiger partial charge in [0, 0.05) is 17.2 Å². The molecule has 1 N–H and O–H groups in total. The Morgan fingerprint density at radius 2 is 2.00 bits per heavy atom. The molecule has 0 unspecified atom stereocenters. The quantitative estimate of drug-likeness (QED) is 0.519. The highest BCUT2D eigenvalue weighted by Crippen LogP contribution is 2.21. The molecular formula is C17H16N6O4. The lowest BCUT2D eigenvalue weighted by molar-refractivity contribution is -0.385. The number of hydrogen-bond donors (Lipinski definition) is 1. The predicted octanol–water partition coefficient (Wildman–Crippen LogP) is 1.82. The molecule has 0 spiro atoms. The third kappa shape index (κ3) is 3.73. The third-order valence-corrected chi connectivity index (χ3v) is 4.00. The average molecular weight is 368 g/mol. The van der Waals surface area contributed by atoms with Crippen LogP contribution in [0.25, 0.3) is 5.69 Å². The van der Waals surface area contributed by atoms with Gasteiger partial charge >= 0.3 is 0 Å². The number of hydrogen-bond acceptors (Lipinski definition) is 7. The number of ether oxygens (including phenoxy) is 1. The first-order chi connectivity index (χ1) is 13.0. The SMILES string of the molecule is COc1ccc(-n2nnnc2CNC(=O)c2cccc([N+](=O)[O-])c2C)cc1. The van der Waals surface area contributed by atoms with Crippen LogP contribution in [0, 0.1) is 17.0 Å². The Bertz CT molecular complexity index is 983. The molecule has 3 rings (SSSR count). The Hall–Kier alpha value is -3.82. The number of nitrogens with zero attached hydrogens (tertiary/aromatic N) is 5. The molecule has 0 bridgehead atoms. The number of carbonyl (C=O) groups is 1. The van der Waals surface area contributed by atoms with Gasteiger partial charge in [-0.1, -0.05) is 6.07 Å². The van der Waals surface area contributed by atoms with Crippen molar-refractivity contribution in [3.8, 4) is 11.4 Å². The van der Waals surface area contributed by atoms with Crippen LogP contribution in [-0.4, -0.2) is 38.1 Å². The highest BCUT2D eigenvalue weighted by molar-refractivity contribution is 5.96. The van der Waals surface area contributed by atoms with E-state index >= 15 is 0 Å². The van der Waals surface area contributed by atoms with E-state index in [0.29, 0.717) is 22.8 Å². The molecule has 0 radical (unpaired) electrons. The maximum atomic E-state index is 12.4. The van der Waals surface area contributed by atoms with Gasteiger partial charge in [-0.25, -0.2) is 0 Å². The van der Waals surface area contributed by atoms with Gasteiger partial charge in [-0.3, -0.25) is 14.9 Å².